The Bertz CT molecular complexity index is 2420. The minimum atomic E-state index is -2.06. The van der Waals surface area contributed by atoms with Gasteiger partial charge in [-0.05, 0) is 13.8 Å². The number of hydrogen-bond donors (Lipinski definition) is 15. The van der Waals surface area contributed by atoms with E-state index in [1.165, 1.54) is 7.11 Å². The van der Waals surface area contributed by atoms with Crippen LogP contribution in [0.4, 0.5) is 14.4 Å². The summed E-state index contributed by atoms with van der Waals surface area (Å²) in [6, 6.07) is -7.85. The number of ether oxygens (including phenoxy) is 9. The van der Waals surface area contributed by atoms with Crippen molar-refractivity contribution in [2.45, 2.75) is 88.7 Å². The third-order valence-corrected chi connectivity index (χ3v) is 10.3. The number of primary amides is 1. The smallest absolute Gasteiger partial charge is 0.449 e. The van der Waals surface area contributed by atoms with Crippen LogP contribution in [0.15, 0.2) is 0 Å². The van der Waals surface area contributed by atoms with Crippen molar-refractivity contribution in [2.75, 3.05) is 112 Å². The average Bonchev–Trinajstić information content (AvgIpc) is 3.69. The van der Waals surface area contributed by atoms with Crippen LogP contribution in [0.3, 0.4) is 0 Å². The highest BCUT2D eigenvalue weighted by Gasteiger charge is 2.33. The number of carbonyl (C=O) groups is 17. The van der Waals surface area contributed by atoms with Gasteiger partial charge in [-0.15, -0.1) is 0 Å². The summed E-state index contributed by atoms with van der Waals surface area (Å²) in [5.74, 6) is -16.8. The first-order valence-corrected chi connectivity index (χ1v) is 26.6. The molecule has 0 spiro atoms. The van der Waals surface area contributed by atoms with Gasteiger partial charge in [-0.25, -0.2) is 33.6 Å². The Morgan fingerprint density at radius 1 is 0.404 bits per heavy atom. The van der Waals surface area contributed by atoms with E-state index in [1.807, 2.05) is 0 Å². The fourth-order valence-electron chi connectivity index (χ4n) is 6.20. The molecular formula is C48H75N11O30. The van der Waals surface area contributed by atoms with E-state index in [0.717, 1.165) is 13.8 Å². The number of alkyl carbamates (subject to hydrolysis) is 1. The van der Waals surface area contributed by atoms with E-state index in [2.05, 4.69) is 81.6 Å². The van der Waals surface area contributed by atoms with E-state index >= 15 is 0 Å². The molecule has 0 aliphatic carbocycles. The monoisotopic (exact) mass is 1290 g/mol. The molecule has 502 valence electrons. The summed E-state index contributed by atoms with van der Waals surface area (Å²) < 4.78 is 42.0. The molecule has 0 aliphatic heterocycles. The molecule has 41 nitrogen and oxygen atoms in total. The zero-order valence-corrected chi connectivity index (χ0v) is 48.5. The molecule has 0 bridgehead atoms. The molecular weight excluding hydrogens is 1210 g/mol. The number of hydrogen-bond acceptors (Lipinski definition) is 30. The number of amides is 11. The predicted molar refractivity (Wildman–Crippen MR) is 286 cm³/mol. The molecule has 0 fully saturated rings. The minimum Gasteiger partial charge on any atom is -0.449 e. The zero-order valence-electron chi connectivity index (χ0n) is 48.5. The van der Waals surface area contributed by atoms with Crippen molar-refractivity contribution in [3.63, 3.8) is 0 Å². The van der Waals surface area contributed by atoms with Gasteiger partial charge in [-0.3, -0.25) is 47.9 Å². The second kappa shape index (κ2) is 46.7. The number of nitrogens with two attached hydrogens (primary N) is 1. The van der Waals surface area contributed by atoms with Crippen molar-refractivity contribution >= 4 is 101 Å². The van der Waals surface area contributed by atoms with E-state index in [-0.39, 0.29) is 26.3 Å². The van der Waals surface area contributed by atoms with Gasteiger partial charge in [0.2, 0.25) is 59.1 Å². The van der Waals surface area contributed by atoms with E-state index in [0.29, 0.717) is 6.61 Å². The summed E-state index contributed by atoms with van der Waals surface area (Å²) in [7, 11) is 1.46. The Kier molecular flexibility index (Phi) is 41.8. The highest BCUT2D eigenvalue weighted by Crippen LogP contribution is 2.05. The molecule has 89 heavy (non-hydrogen) atoms. The maximum atomic E-state index is 13.9. The van der Waals surface area contributed by atoms with Crippen molar-refractivity contribution in [3.05, 3.63) is 0 Å². The van der Waals surface area contributed by atoms with E-state index in [4.69, 9.17) is 35.3 Å². The molecule has 0 saturated carbocycles. The highest BCUT2D eigenvalue weighted by molar-refractivity contribution is 5.99. The molecule has 0 radical (unpaired) electrons. The molecule has 41 heteroatoms. The maximum Gasteiger partial charge on any atom is 0.516 e. The van der Waals surface area contributed by atoms with Crippen molar-refractivity contribution < 1.29 is 145 Å². The summed E-state index contributed by atoms with van der Waals surface area (Å²) in [4.78, 5) is 214. The van der Waals surface area contributed by atoms with Crippen molar-refractivity contribution in [3.8, 4) is 0 Å². The molecule has 0 aromatic rings. The van der Waals surface area contributed by atoms with Crippen LogP contribution in [0.1, 0.15) is 52.4 Å². The van der Waals surface area contributed by atoms with E-state index < -0.39 is 249 Å². The maximum absolute atomic E-state index is 13.9. The number of methoxy groups -OCH3 is 1. The molecule has 16 N–H and O–H groups in total. The van der Waals surface area contributed by atoms with Gasteiger partial charge in [-0.1, -0.05) is 0 Å². The molecule has 6 atom stereocenters. The van der Waals surface area contributed by atoms with Gasteiger partial charge in [-0.2, -0.15) is 0 Å². The summed E-state index contributed by atoms with van der Waals surface area (Å²) in [6.45, 7) is -4.83. The lowest BCUT2D eigenvalue weighted by Crippen LogP contribution is -2.57. The first-order chi connectivity index (χ1) is 42.2. The van der Waals surface area contributed by atoms with Gasteiger partial charge in [0.25, 0.3) is 0 Å². The van der Waals surface area contributed by atoms with Gasteiger partial charge in [0, 0.05) is 39.6 Å². The van der Waals surface area contributed by atoms with Crippen LogP contribution in [-0.2, 0) is 110 Å². The zero-order chi connectivity index (χ0) is 67.3. The third-order valence-electron chi connectivity index (χ3n) is 10.3. The van der Waals surface area contributed by atoms with Crippen LogP contribution < -0.4 is 58.9 Å². The Morgan fingerprint density at radius 3 is 1.27 bits per heavy atom. The van der Waals surface area contributed by atoms with Crippen molar-refractivity contribution in [1.29, 1.82) is 0 Å². The normalized spacial score (nSPS) is 12.5. The van der Waals surface area contributed by atoms with Crippen LogP contribution in [0.5, 0.6) is 0 Å². The van der Waals surface area contributed by atoms with E-state index in [1.54, 1.807) is 0 Å². The lowest BCUT2D eigenvalue weighted by atomic mass is 10.1. The number of nitrogens with one attached hydrogen (secondary N) is 10. The summed E-state index contributed by atoms with van der Waals surface area (Å²) in [5.41, 5.74) is 5.31. The highest BCUT2D eigenvalue weighted by atomic mass is 16.8. The Hall–Kier alpha value is -9.45. The van der Waals surface area contributed by atoms with Crippen LogP contribution >= 0.6 is 0 Å². The predicted octanol–water partition coefficient (Wildman–Crippen LogP) is -10.1. The molecule has 11 amide bonds. The van der Waals surface area contributed by atoms with Gasteiger partial charge in [0.1, 0.15) is 57.2 Å². The molecule has 0 saturated heterocycles. The van der Waals surface area contributed by atoms with Crippen LogP contribution in [0.2, 0.25) is 0 Å². The largest absolute Gasteiger partial charge is 0.516 e. The quantitative estimate of drug-likeness (QED) is 0.0117. The van der Waals surface area contributed by atoms with Gasteiger partial charge >= 0.3 is 42.3 Å². The Balaban J connectivity index is 6.59. The second-order valence-electron chi connectivity index (χ2n) is 17.5. The number of aliphatic hydroxyl groups is 4. The lowest BCUT2D eigenvalue weighted by Gasteiger charge is -2.24. The molecule has 0 heterocycles. The van der Waals surface area contributed by atoms with Crippen LogP contribution in [0, 0.1) is 0 Å². The van der Waals surface area contributed by atoms with Gasteiger partial charge in [0.05, 0.1) is 78.4 Å². The lowest BCUT2D eigenvalue weighted by molar-refractivity contribution is -0.165. The summed E-state index contributed by atoms with van der Waals surface area (Å²) in [5, 5.41) is 58.0. The van der Waals surface area contributed by atoms with Gasteiger partial charge in [0.15, 0.2) is 12.2 Å². The van der Waals surface area contributed by atoms with E-state index in [9.17, 15) is 86.6 Å². The number of carbonyl (C=O) groups excluding carboxylic acids is 17. The topological polar surface area (TPSA) is 601 Å². The summed E-state index contributed by atoms with van der Waals surface area (Å²) in [6.07, 6.45) is -12.8. The number of aliphatic hydroxyl groups excluding tert-OH is 4. The molecule has 0 aromatic carbocycles. The SMILES string of the molecule is COCCOCCNC(=O)OCCNC(=O)CC(NC(=O)CC(NC(=O)CC(NC(=O)CCC(=O)NCCO)C(=O)NCCOC(=O)OC(=O)C(C)OC(=O)CO)C(=O)NCCO)C(=O)NC(CC(N)=O)C(=O)NCCOC(=O)OC(=O)C(C)OC(=O)CO. The van der Waals surface area contributed by atoms with Crippen molar-refractivity contribution in [2.24, 2.45) is 5.73 Å². The Labute approximate surface area is 505 Å². The fraction of sp³-hybridized carbons (Fsp3) is 0.646. The summed E-state index contributed by atoms with van der Waals surface area (Å²) >= 11 is 0. The fourth-order valence-corrected chi connectivity index (χ4v) is 6.20. The molecule has 0 aliphatic rings. The van der Waals surface area contributed by atoms with Crippen molar-refractivity contribution in [1.82, 2.24) is 53.2 Å². The first-order valence-electron chi connectivity index (χ1n) is 26.6. The Morgan fingerprint density at radius 2 is 0.798 bits per heavy atom. The standard InChI is InChI=1S/C48H75N11O30/c1-26(86-38(70)24-62)44(76)88-47(79)84-16-10-53-40(72)28(20-32(49)64)59-43(75)31(21-35(67)51-9-15-83-46(78)55-8-14-82-19-18-81-3)58-37(69)23-30(41(73)52-7-13-61)57-36(68)22-29(56-34(66)5-4-33(65)50-6-12-60)42(74)54-11-17-85-48(80)89-45(77)27(2)87-39(71)25-63/h26-31,60-63H,4-25H2,1-3H3,(H2,49,64)(H,50,65)(H,51,67)(H,52,73)(H,53,72)(H,54,74)(H,55,78)(H,56,66)(H,57,68)(H,58,69)(H,59,75). The molecule has 0 aromatic heterocycles. The second-order valence-corrected chi connectivity index (χ2v) is 17.5. The third kappa shape index (κ3) is 39.1. The molecule has 6 unspecified atom stereocenters. The molecule has 0 rings (SSSR count). The first kappa shape index (κ1) is 79.5. The number of rotatable bonds is 44. The van der Waals surface area contributed by atoms with Gasteiger partial charge < -0.3 is 122 Å². The van der Waals surface area contributed by atoms with Crippen LogP contribution in [-0.4, -0.2) is 271 Å². The number of esters is 4. The van der Waals surface area contributed by atoms with Crippen LogP contribution in [0.25, 0.3) is 0 Å². The average molecular weight is 1290 g/mol. The minimum absolute atomic E-state index is 0.0297.